The van der Waals surface area contributed by atoms with E-state index >= 15 is 0 Å². The van der Waals surface area contributed by atoms with Gasteiger partial charge in [0.1, 0.15) is 12.2 Å². The molecule has 0 bridgehead atoms. The highest BCUT2D eigenvalue weighted by atomic mass is 16.3. The van der Waals surface area contributed by atoms with Crippen LogP contribution in [0, 0.1) is 0 Å². The van der Waals surface area contributed by atoms with Gasteiger partial charge in [0.15, 0.2) is 0 Å². The van der Waals surface area contributed by atoms with E-state index < -0.39 is 36.9 Å². The second-order valence-corrected chi connectivity index (χ2v) is 8.33. The Labute approximate surface area is 183 Å². The average molecular weight is 430 g/mol. The number of aliphatic hydroxyl groups is 4. The van der Waals surface area contributed by atoms with Crippen LogP contribution in [0.2, 0.25) is 0 Å². The van der Waals surface area contributed by atoms with Crippen molar-refractivity contribution in [3.63, 3.8) is 0 Å². The molecule has 4 atom stereocenters. The van der Waals surface area contributed by atoms with Gasteiger partial charge in [-0.3, -0.25) is 4.79 Å². The van der Waals surface area contributed by atoms with Crippen molar-refractivity contribution in [1.82, 2.24) is 5.32 Å². The van der Waals surface area contributed by atoms with Gasteiger partial charge in [-0.2, -0.15) is 0 Å². The summed E-state index contributed by atoms with van der Waals surface area (Å²) in [5.41, 5.74) is 0. The molecule has 0 aliphatic rings. The Balaban J connectivity index is 3.92. The monoisotopic (exact) mass is 429 g/mol. The normalized spacial score (nSPS) is 15.8. The first-order chi connectivity index (χ1) is 14.5. The van der Waals surface area contributed by atoms with Crippen molar-refractivity contribution in [2.75, 3.05) is 6.61 Å². The number of hydrogen-bond donors (Lipinski definition) is 5. The van der Waals surface area contributed by atoms with Gasteiger partial charge in [0.05, 0.1) is 18.8 Å². The number of aliphatic hydroxyl groups excluding tert-OH is 4. The molecule has 0 radical (unpaired) electrons. The predicted molar refractivity (Wildman–Crippen MR) is 122 cm³/mol. The quantitative estimate of drug-likeness (QED) is 0.150. The Kier molecular flexibility index (Phi) is 19.3. The standard InChI is InChI=1S/C24H47NO5/c1-3-5-7-8-9-10-11-12-13-14-15-16-18-22(28)24(30)25-20(19-26)23(29)21(27)17-6-4-2/h12-13,20-23,26-29H,3-11,14-19H2,1-2H3,(H,25,30)/b13-12-. The Morgan fingerprint density at radius 1 is 0.800 bits per heavy atom. The molecule has 0 spiro atoms. The fourth-order valence-electron chi connectivity index (χ4n) is 3.38. The molecule has 1 amide bonds. The summed E-state index contributed by atoms with van der Waals surface area (Å²) in [6.07, 6.45) is 14.8. The summed E-state index contributed by atoms with van der Waals surface area (Å²) < 4.78 is 0. The molecule has 0 aromatic rings. The second-order valence-electron chi connectivity index (χ2n) is 8.33. The summed E-state index contributed by atoms with van der Waals surface area (Å²) in [5.74, 6) is -0.616. The van der Waals surface area contributed by atoms with Gasteiger partial charge in [-0.05, 0) is 38.5 Å². The third kappa shape index (κ3) is 14.9. The first-order valence-corrected chi connectivity index (χ1v) is 12.1. The molecule has 0 aromatic heterocycles. The van der Waals surface area contributed by atoms with Crippen molar-refractivity contribution >= 4 is 5.91 Å². The first-order valence-electron chi connectivity index (χ1n) is 12.1. The smallest absolute Gasteiger partial charge is 0.249 e. The number of carbonyl (C=O) groups excluding carboxylic acids is 1. The maximum atomic E-state index is 12.1. The summed E-state index contributed by atoms with van der Waals surface area (Å²) in [7, 11) is 0. The van der Waals surface area contributed by atoms with Gasteiger partial charge in [-0.1, -0.05) is 77.4 Å². The Bertz CT molecular complexity index is 430. The first kappa shape index (κ1) is 29.1. The van der Waals surface area contributed by atoms with Gasteiger partial charge in [0.25, 0.3) is 0 Å². The minimum atomic E-state index is -1.26. The van der Waals surface area contributed by atoms with Gasteiger partial charge in [-0.25, -0.2) is 0 Å². The molecule has 0 saturated heterocycles. The van der Waals surface area contributed by atoms with Crippen molar-refractivity contribution in [3.8, 4) is 0 Å². The molecular weight excluding hydrogens is 382 g/mol. The van der Waals surface area contributed by atoms with Crippen LogP contribution in [-0.4, -0.2) is 57.3 Å². The van der Waals surface area contributed by atoms with Crippen LogP contribution in [0.25, 0.3) is 0 Å². The van der Waals surface area contributed by atoms with E-state index in [4.69, 9.17) is 0 Å². The highest BCUT2D eigenvalue weighted by Crippen LogP contribution is 2.11. The number of carbonyl (C=O) groups is 1. The van der Waals surface area contributed by atoms with E-state index in [-0.39, 0.29) is 0 Å². The van der Waals surface area contributed by atoms with Crippen molar-refractivity contribution in [2.24, 2.45) is 0 Å². The third-order valence-electron chi connectivity index (χ3n) is 5.48. The fourth-order valence-corrected chi connectivity index (χ4v) is 3.38. The van der Waals surface area contributed by atoms with Gasteiger partial charge in [-0.15, -0.1) is 0 Å². The van der Waals surface area contributed by atoms with Crippen molar-refractivity contribution < 1.29 is 25.2 Å². The maximum absolute atomic E-state index is 12.1. The molecular formula is C24H47NO5. The molecule has 0 aliphatic carbocycles. The van der Waals surface area contributed by atoms with Crippen LogP contribution < -0.4 is 5.32 Å². The largest absolute Gasteiger partial charge is 0.394 e. The van der Waals surface area contributed by atoms with Crippen LogP contribution in [-0.2, 0) is 4.79 Å². The zero-order valence-electron chi connectivity index (χ0n) is 19.3. The van der Waals surface area contributed by atoms with Crippen molar-refractivity contribution in [2.45, 2.75) is 128 Å². The van der Waals surface area contributed by atoms with Crippen LogP contribution in [0.15, 0.2) is 12.2 Å². The highest BCUT2D eigenvalue weighted by Gasteiger charge is 2.28. The highest BCUT2D eigenvalue weighted by molar-refractivity contribution is 5.80. The van der Waals surface area contributed by atoms with Crippen LogP contribution in [0.1, 0.15) is 104 Å². The second kappa shape index (κ2) is 20.0. The molecule has 0 fully saturated rings. The van der Waals surface area contributed by atoms with E-state index in [0.29, 0.717) is 12.8 Å². The Morgan fingerprint density at radius 2 is 1.37 bits per heavy atom. The molecule has 0 aliphatic heterocycles. The number of allylic oxidation sites excluding steroid dienone is 2. The summed E-state index contributed by atoms with van der Waals surface area (Å²) in [4.78, 5) is 12.1. The molecule has 178 valence electrons. The molecule has 0 aromatic carbocycles. The molecule has 6 nitrogen and oxygen atoms in total. The van der Waals surface area contributed by atoms with Gasteiger partial charge < -0.3 is 25.7 Å². The van der Waals surface area contributed by atoms with Gasteiger partial charge >= 0.3 is 0 Å². The summed E-state index contributed by atoms with van der Waals surface area (Å²) >= 11 is 0. The molecule has 6 heteroatoms. The van der Waals surface area contributed by atoms with Gasteiger partial charge in [0, 0.05) is 0 Å². The molecule has 30 heavy (non-hydrogen) atoms. The topological polar surface area (TPSA) is 110 Å². The van der Waals surface area contributed by atoms with Crippen LogP contribution in [0.5, 0.6) is 0 Å². The number of unbranched alkanes of at least 4 members (excludes halogenated alkanes) is 9. The van der Waals surface area contributed by atoms with E-state index in [0.717, 1.165) is 38.5 Å². The van der Waals surface area contributed by atoms with E-state index in [1.165, 1.54) is 38.5 Å². The summed E-state index contributed by atoms with van der Waals surface area (Å²) in [6.45, 7) is 3.71. The average Bonchev–Trinajstić information content (AvgIpc) is 2.75. The van der Waals surface area contributed by atoms with E-state index in [2.05, 4.69) is 24.4 Å². The Hall–Kier alpha value is -0.950. The minimum Gasteiger partial charge on any atom is -0.394 e. The SMILES string of the molecule is CCCCCCCC/C=C\CCCCC(O)C(=O)NC(CO)C(O)C(O)CCCC. The predicted octanol–water partition coefficient (Wildman–Crippen LogP) is 3.60. The van der Waals surface area contributed by atoms with E-state index in [1.807, 2.05) is 6.92 Å². The van der Waals surface area contributed by atoms with E-state index in [9.17, 15) is 25.2 Å². The van der Waals surface area contributed by atoms with Crippen LogP contribution in [0.3, 0.4) is 0 Å². The van der Waals surface area contributed by atoms with Crippen molar-refractivity contribution in [3.05, 3.63) is 12.2 Å². The zero-order chi connectivity index (χ0) is 22.6. The molecule has 5 N–H and O–H groups in total. The van der Waals surface area contributed by atoms with Crippen LogP contribution in [0.4, 0.5) is 0 Å². The summed E-state index contributed by atoms with van der Waals surface area (Å²) in [5, 5.41) is 42.0. The van der Waals surface area contributed by atoms with Crippen LogP contribution >= 0.6 is 0 Å². The lowest BCUT2D eigenvalue weighted by Gasteiger charge is -2.27. The molecule has 0 rings (SSSR count). The number of nitrogens with one attached hydrogen (secondary N) is 1. The lowest BCUT2D eigenvalue weighted by atomic mass is 10.0. The molecule has 0 heterocycles. The van der Waals surface area contributed by atoms with Gasteiger partial charge in [0.2, 0.25) is 5.91 Å². The third-order valence-corrected chi connectivity index (χ3v) is 5.48. The number of amides is 1. The number of rotatable bonds is 20. The molecule has 4 unspecified atom stereocenters. The maximum Gasteiger partial charge on any atom is 0.249 e. The van der Waals surface area contributed by atoms with Crippen molar-refractivity contribution in [1.29, 1.82) is 0 Å². The Morgan fingerprint density at radius 3 is 1.97 bits per heavy atom. The van der Waals surface area contributed by atoms with E-state index in [1.54, 1.807) is 0 Å². The summed E-state index contributed by atoms with van der Waals surface area (Å²) in [6, 6.07) is -0.982. The fraction of sp³-hybridized carbons (Fsp3) is 0.875. The number of hydrogen-bond acceptors (Lipinski definition) is 5. The lowest BCUT2D eigenvalue weighted by Crippen LogP contribution is -2.53. The minimum absolute atomic E-state index is 0.337. The zero-order valence-corrected chi connectivity index (χ0v) is 19.3. The lowest BCUT2D eigenvalue weighted by molar-refractivity contribution is -0.132. The molecule has 0 saturated carbocycles.